The molecule has 0 radical (unpaired) electrons. The van der Waals surface area contributed by atoms with Gasteiger partial charge in [0.1, 0.15) is 0 Å². The zero-order chi connectivity index (χ0) is 14.8. The molecule has 1 unspecified atom stereocenters. The number of nitrogens with one attached hydrogen (secondary N) is 2. The van der Waals surface area contributed by atoms with Gasteiger partial charge in [0.25, 0.3) is 0 Å². The molecule has 0 aromatic rings. The number of carboxylic acid groups (broad SMARTS) is 1. The van der Waals surface area contributed by atoms with Crippen molar-refractivity contribution in [1.29, 1.82) is 0 Å². The molecule has 0 heterocycles. The van der Waals surface area contributed by atoms with Crippen molar-refractivity contribution in [2.75, 3.05) is 0 Å². The number of amides is 2. The summed E-state index contributed by atoms with van der Waals surface area (Å²) in [6.07, 6.45) is 9.23. The third kappa shape index (κ3) is 3.69. The van der Waals surface area contributed by atoms with Crippen LogP contribution in [0, 0.1) is 17.8 Å². The second-order valence-electron chi connectivity index (χ2n) is 7.06. The maximum Gasteiger partial charge on any atom is 0.315 e. The van der Waals surface area contributed by atoms with E-state index in [1.807, 2.05) is 0 Å². The number of hydrogen-bond donors (Lipinski definition) is 3. The highest BCUT2D eigenvalue weighted by Crippen LogP contribution is 2.42. The maximum atomic E-state index is 12.2. The molecule has 0 bridgehead atoms. The summed E-state index contributed by atoms with van der Waals surface area (Å²) in [5.74, 6) is 0.465. The van der Waals surface area contributed by atoms with Crippen LogP contribution in [0.25, 0.3) is 0 Å². The lowest BCUT2D eigenvalue weighted by Crippen LogP contribution is -2.51. The molecule has 3 aliphatic rings. The van der Waals surface area contributed by atoms with Crippen molar-refractivity contribution in [3.63, 3.8) is 0 Å². The van der Waals surface area contributed by atoms with E-state index in [-0.39, 0.29) is 18.0 Å². The van der Waals surface area contributed by atoms with Crippen molar-refractivity contribution >= 4 is 12.0 Å². The molecule has 5 nitrogen and oxygen atoms in total. The van der Waals surface area contributed by atoms with Crippen LogP contribution in [-0.4, -0.2) is 29.2 Å². The highest BCUT2D eigenvalue weighted by Gasteiger charge is 2.40. The van der Waals surface area contributed by atoms with E-state index >= 15 is 0 Å². The molecular formula is C16H26N2O3. The minimum absolute atomic E-state index is 0.0439. The van der Waals surface area contributed by atoms with Crippen LogP contribution in [0.3, 0.4) is 0 Å². The van der Waals surface area contributed by atoms with Gasteiger partial charge in [0.05, 0.1) is 5.92 Å². The van der Waals surface area contributed by atoms with Gasteiger partial charge in [-0.05, 0) is 63.2 Å². The van der Waals surface area contributed by atoms with E-state index in [0.29, 0.717) is 30.7 Å². The number of aliphatic carboxylic acids is 1. The van der Waals surface area contributed by atoms with E-state index in [0.717, 1.165) is 12.8 Å². The van der Waals surface area contributed by atoms with Gasteiger partial charge in [0, 0.05) is 12.1 Å². The number of carbonyl (C=O) groups excluding carboxylic acids is 1. The van der Waals surface area contributed by atoms with E-state index in [2.05, 4.69) is 10.6 Å². The monoisotopic (exact) mass is 294 g/mol. The molecule has 1 atom stereocenters. The van der Waals surface area contributed by atoms with Crippen LogP contribution in [0.2, 0.25) is 0 Å². The summed E-state index contributed by atoms with van der Waals surface area (Å²) in [5, 5.41) is 15.2. The van der Waals surface area contributed by atoms with E-state index in [1.165, 1.54) is 32.1 Å². The lowest BCUT2D eigenvalue weighted by Gasteiger charge is -2.35. The first kappa shape index (κ1) is 14.7. The highest BCUT2D eigenvalue weighted by molar-refractivity contribution is 5.75. The van der Waals surface area contributed by atoms with Crippen LogP contribution in [0.15, 0.2) is 0 Å². The fraction of sp³-hybridized carbons (Fsp3) is 0.875. The predicted octanol–water partition coefficient (Wildman–Crippen LogP) is 2.51. The fourth-order valence-electron chi connectivity index (χ4n) is 3.74. The Morgan fingerprint density at radius 2 is 1.52 bits per heavy atom. The first-order chi connectivity index (χ1) is 10.1. The SMILES string of the molecule is O=C(NC1CCC(C(=O)O)CC1)NC(C1CCC1)C1CC1. The van der Waals surface area contributed by atoms with Crippen LogP contribution >= 0.6 is 0 Å². The summed E-state index contributed by atoms with van der Waals surface area (Å²) in [6, 6.07) is 0.466. The number of carboxylic acids is 1. The molecule has 3 fully saturated rings. The molecule has 0 aliphatic heterocycles. The van der Waals surface area contributed by atoms with Gasteiger partial charge in [-0.1, -0.05) is 6.42 Å². The smallest absolute Gasteiger partial charge is 0.315 e. The summed E-state index contributed by atoms with van der Waals surface area (Å²) in [6.45, 7) is 0. The standard InChI is InChI=1S/C16H26N2O3/c19-15(20)12-6-8-13(9-7-12)17-16(21)18-14(11-4-5-11)10-2-1-3-10/h10-14H,1-9H2,(H,19,20)(H2,17,18,21). The molecule has 0 aromatic carbocycles. The Balaban J connectivity index is 1.42. The first-order valence-electron chi connectivity index (χ1n) is 8.43. The van der Waals surface area contributed by atoms with Crippen LogP contribution in [0.4, 0.5) is 4.79 Å². The quantitative estimate of drug-likeness (QED) is 0.729. The Kier molecular flexibility index (Phi) is 4.36. The van der Waals surface area contributed by atoms with Crippen molar-refractivity contribution in [1.82, 2.24) is 10.6 Å². The fourth-order valence-corrected chi connectivity index (χ4v) is 3.74. The molecule has 2 amide bonds. The van der Waals surface area contributed by atoms with Gasteiger partial charge >= 0.3 is 12.0 Å². The van der Waals surface area contributed by atoms with E-state index in [4.69, 9.17) is 5.11 Å². The van der Waals surface area contributed by atoms with Gasteiger partial charge < -0.3 is 15.7 Å². The van der Waals surface area contributed by atoms with E-state index in [9.17, 15) is 9.59 Å². The van der Waals surface area contributed by atoms with Gasteiger partial charge in [-0.15, -0.1) is 0 Å². The van der Waals surface area contributed by atoms with Crippen molar-refractivity contribution in [2.24, 2.45) is 17.8 Å². The lowest BCUT2D eigenvalue weighted by atomic mass is 9.78. The number of carbonyl (C=O) groups is 2. The van der Waals surface area contributed by atoms with Crippen molar-refractivity contribution in [3.8, 4) is 0 Å². The van der Waals surface area contributed by atoms with Crippen LogP contribution in [0.5, 0.6) is 0 Å². The molecule has 3 rings (SSSR count). The molecule has 3 saturated carbocycles. The second kappa shape index (κ2) is 6.24. The minimum Gasteiger partial charge on any atom is -0.481 e. The van der Waals surface area contributed by atoms with E-state index in [1.54, 1.807) is 0 Å². The highest BCUT2D eigenvalue weighted by atomic mass is 16.4. The second-order valence-corrected chi connectivity index (χ2v) is 7.06. The van der Waals surface area contributed by atoms with Gasteiger partial charge in [0.2, 0.25) is 0 Å². The largest absolute Gasteiger partial charge is 0.481 e. The third-order valence-corrected chi connectivity index (χ3v) is 5.50. The van der Waals surface area contributed by atoms with Gasteiger partial charge in [-0.25, -0.2) is 4.79 Å². The number of hydrogen-bond acceptors (Lipinski definition) is 2. The molecular weight excluding hydrogens is 268 g/mol. The molecule has 0 spiro atoms. The summed E-state index contributed by atoms with van der Waals surface area (Å²) in [7, 11) is 0. The Morgan fingerprint density at radius 1 is 0.905 bits per heavy atom. The minimum atomic E-state index is -0.698. The average Bonchev–Trinajstić information content (AvgIpc) is 3.20. The Labute approximate surface area is 125 Å². The zero-order valence-corrected chi connectivity index (χ0v) is 12.5. The molecule has 21 heavy (non-hydrogen) atoms. The molecule has 118 valence electrons. The Morgan fingerprint density at radius 3 is 2.00 bits per heavy atom. The normalized spacial score (nSPS) is 31.0. The summed E-state index contributed by atoms with van der Waals surface area (Å²) in [4.78, 5) is 23.1. The maximum absolute atomic E-state index is 12.2. The molecule has 0 aromatic heterocycles. The van der Waals surface area contributed by atoms with E-state index < -0.39 is 5.97 Å². The van der Waals surface area contributed by atoms with Gasteiger partial charge in [-0.3, -0.25) is 4.79 Å². The third-order valence-electron chi connectivity index (χ3n) is 5.50. The number of rotatable bonds is 5. The number of urea groups is 1. The van der Waals surface area contributed by atoms with Crippen LogP contribution < -0.4 is 10.6 Å². The molecule has 0 saturated heterocycles. The zero-order valence-electron chi connectivity index (χ0n) is 12.5. The predicted molar refractivity (Wildman–Crippen MR) is 78.9 cm³/mol. The van der Waals surface area contributed by atoms with Crippen molar-refractivity contribution < 1.29 is 14.7 Å². The molecule has 3 aliphatic carbocycles. The topological polar surface area (TPSA) is 78.4 Å². The summed E-state index contributed by atoms with van der Waals surface area (Å²) >= 11 is 0. The Hall–Kier alpha value is -1.26. The van der Waals surface area contributed by atoms with Gasteiger partial charge in [-0.2, -0.15) is 0 Å². The van der Waals surface area contributed by atoms with Crippen molar-refractivity contribution in [2.45, 2.75) is 69.9 Å². The van der Waals surface area contributed by atoms with Crippen molar-refractivity contribution in [3.05, 3.63) is 0 Å². The first-order valence-corrected chi connectivity index (χ1v) is 8.43. The van der Waals surface area contributed by atoms with Gasteiger partial charge in [0.15, 0.2) is 0 Å². The Bertz CT molecular complexity index is 396. The lowest BCUT2D eigenvalue weighted by molar-refractivity contribution is -0.142. The van der Waals surface area contributed by atoms with Crippen LogP contribution in [-0.2, 0) is 4.79 Å². The average molecular weight is 294 g/mol. The summed E-state index contributed by atoms with van der Waals surface area (Å²) in [5.41, 5.74) is 0. The molecule has 3 N–H and O–H groups in total. The molecule has 5 heteroatoms. The van der Waals surface area contributed by atoms with Crippen LogP contribution in [0.1, 0.15) is 57.8 Å². The summed E-state index contributed by atoms with van der Waals surface area (Å²) < 4.78 is 0.